The second-order valence-electron chi connectivity index (χ2n) is 8.30. The molecule has 1 N–H and O–H groups in total. The van der Waals surface area contributed by atoms with E-state index in [1.165, 1.54) is 0 Å². The van der Waals surface area contributed by atoms with E-state index in [2.05, 4.69) is 11.4 Å². The first kappa shape index (κ1) is 24.0. The second-order valence-corrected chi connectivity index (χ2v) is 8.30. The maximum atomic E-state index is 13.3. The van der Waals surface area contributed by atoms with Gasteiger partial charge in [0.2, 0.25) is 5.91 Å². The Labute approximate surface area is 204 Å². The third-order valence-corrected chi connectivity index (χ3v) is 6.01. The van der Waals surface area contributed by atoms with Crippen LogP contribution in [0.15, 0.2) is 54.6 Å². The molecule has 0 saturated carbocycles. The molecule has 35 heavy (non-hydrogen) atoms. The standard InChI is InChI=1S/C26H28N6O3/c1-3-35-26(34)32-15-13-31(14-16-32)24-23(29-21-11-7-8-12-22(21)30-24)20(17-27)25(33)28-18(2)19-9-5-4-6-10-19/h4-12,18,20H,3,13-16H2,1-2H3,(H,28,33)/t18-,20-/m0/s1. The van der Waals surface area contributed by atoms with Gasteiger partial charge in [0.1, 0.15) is 5.69 Å². The number of ether oxygens (including phenoxy) is 1. The van der Waals surface area contributed by atoms with E-state index in [0.717, 1.165) is 5.56 Å². The molecular weight excluding hydrogens is 444 g/mol. The van der Waals surface area contributed by atoms with Crippen LogP contribution in [0.4, 0.5) is 10.6 Å². The highest BCUT2D eigenvalue weighted by Gasteiger charge is 2.31. The predicted molar refractivity (Wildman–Crippen MR) is 132 cm³/mol. The summed E-state index contributed by atoms with van der Waals surface area (Å²) in [5.41, 5.74) is 2.54. The van der Waals surface area contributed by atoms with E-state index < -0.39 is 11.8 Å². The zero-order valence-corrected chi connectivity index (χ0v) is 19.8. The molecule has 9 heteroatoms. The molecule has 1 saturated heterocycles. The first-order chi connectivity index (χ1) is 17.0. The Kier molecular flexibility index (Phi) is 7.41. The Balaban J connectivity index is 1.63. The highest BCUT2D eigenvalue weighted by Crippen LogP contribution is 2.29. The smallest absolute Gasteiger partial charge is 0.409 e. The molecule has 3 aromatic rings. The van der Waals surface area contributed by atoms with Crippen molar-refractivity contribution in [3.8, 4) is 6.07 Å². The largest absolute Gasteiger partial charge is 0.450 e. The number of benzene rings is 2. The van der Waals surface area contributed by atoms with Gasteiger partial charge in [-0.15, -0.1) is 0 Å². The molecular formula is C26H28N6O3. The number of carbonyl (C=O) groups is 2. The van der Waals surface area contributed by atoms with Crippen molar-refractivity contribution in [1.82, 2.24) is 20.2 Å². The zero-order valence-electron chi connectivity index (χ0n) is 19.8. The fourth-order valence-electron chi connectivity index (χ4n) is 4.11. The Morgan fingerprint density at radius 3 is 2.29 bits per heavy atom. The number of carbonyl (C=O) groups excluding carboxylic acids is 2. The lowest BCUT2D eigenvalue weighted by Crippen LogP contribution is -2.49. The lowest BCUT2D eigenvalue weighted by molar-refractivity contribution is -0.122. The number of rotatable bonds is 6. The van der Waals surface area contributed by atoms with Crippen molar-refractivity contribution in [2.24, 2.45) is 0 Å². The van der Waals surface area contributed by atoms with Crippen molar-refractivity contribution in [2.75, 3.05) is 37.7 Å². The van der Waals surface area contributed by atoms with Crippen LogP contribution in [-0.4, -0.2) is 59.7 Å². The van der Waals surface area contributed by atoms with Crippen LogP contribution < -0.4 is 10.2 Å². The first-order valence-electron chi connectivity index (χ1n) is 11.7. The summed E-state index contributed by atoms with van der Waals surface area (Å²) in [6, 6.07) is 18.8. The highest BCUT2D eigenvalue weighted by molar-refractivity contribution is 5.89. The maximum absolute atomic E-state index is 13.3. The number of fused-ring (bicyclic) bond motifs is 1. The quantitative estimate of drug-likeness (QED) is 0.585. The minimum absolute atomic E-state index is 0.274. The van der Waals surface area contributed by atoms with Gasteiger partial charge in [-0.25, -0.2) is 14.8 Å². The van der Waals surface area contributed by atoms with E-state index in [4.69, 9.17) is 14.7 Å². The van der Waals surface area contributed by atoms with Crippen molar-refractivity contribution < 1.29 is 14.3 Å². The van der Waals surface area contributed by atoms with Crippen LogP contribution >= 0.6 is 0 Å². The number of piperazine rings is 1. The van der Waals surface area contributed by atoms with Gasteiger partial charge in [0.05, 0.1) is 29.8 Å². The summed E-state index contributed by atoms with van der Waals surface area (Å²) < 4.78 is 5.11. The van der Waals surface area contributed by atoms with Gasteiger partial charge in [0, 0.05) is 26.2 Å². The second kappa shape index (κ2) is 10.8. The SMILES string of the molecule is CCOC(=O)N1CCN(c2nc3ccccc3nc2[C@H](C#N)C(=O)N[C@@H](C)c2ccccc2)CC1. The summed E-state index contributed by atoms with van der Waals surface area (Å²) in [4.78, 5) is 38.5. The number of nitrogens with one attached hydrogen (secondary N) is 1. The van der Waals surface area contributed by atoms with Gasteiger partial charge in [0.15, 0.2) is 11.7 Å². The fraction of sp³-hybridized carbons (Fsp3) is 0.346. The van der Waals surface area contributed by atoms with Gasteiger partial charge < -0.3 is 19.9 Å². The van der Waals surface area contributed by atoms with Crippen LogP contribution in [0.2, 0.25) is 0 Å². The predicted octanol–water partition coefficient (Wildman–Crippen LogP) is 3.39. The molecule has 9 nitrogen and oxygen atoms in total. The van der Waals surface area contributed by atoms with Gasteiger partial charge in [0.25, 0.3) is 0 Å². The minimum atomic E-state index is -1.14. The van der Waals surface area contributed by atoms with Crippen molar-refractivity contribution in [3.05, 3.63) is 65.9 Å². The van der Waals surface area contributed by atoms with E-state index in [0.29, 0.717) is 55.3 Å². The van der Waals surface area contributed by atoms with Crippen LogP contribution in [0.25, 0.3) is 11.0 Å². The Bertz CT molecular complexity index is 1230. The molecule has 1 aliphatic heterocycles. The Hall–Kier alpha value is -4.19. The lowest BCUT2D eigenvalue weighted by Gasteiger charge is -2.35. The van der Waals surface area contributed by atoms with Crippen LogP contribution in [0.3, 0.4) is 0 Å². The fourth-order valence-corrected chi connectivity index (χ4v) is 4.11. The van der Waals surface area contributed by atoms with Crippen molar-refractivity contribution in [1.29, 1.82) is 5.26 Å². The molecule has 1 aromatic heterocycles. The lowest BCUT2D eigenvalue weighted by atomic mass is 10.0. The number of amides is 2. The molecule has 0 unspecified atom stereocenters. The molecule has 0 spiro atoms. The Morgan fingerprint density at radius 1 is 1.03 bits per heavy atom. The average molecular weight is 473 g/mol. The third-order valence-electron chi connectivity index (χ3n) is 6.01. The number of anilines is 1. The summed E-state index contributed by atoms with van der Waals surface area (Å²) in [5.74, 6) is -1.09. The van der Waals surface area contributed by atoms with Crippen LogP contribution in [0.5, 0.6) is 0 Å². The van der Waals surface area contributed by atoms with Crippen molar-refractivity contribution >= 4 is 28.9 Å². The summed E-state index contributed by atoms with van der Waals surface area (Å²) in [6.07, 6.45) is -0.346. The van der Waals surface area contributed by atoms with E-state index in [-0.39, 0.29) is 12.1 Å². The van der Waals surface area contributed by atoms with Crippen LogP contribution in [0.1, 0.15) is 37.1 Å². The number of hydrogen-bond donors (Lipinski definition) is 1. The first-order valence-corrected chi connectivity index (χ1v) is 11.7. The molecule has 2 heterocycles. The van der Waals surface area contributed by atoms with Gasteiger partial charge in [-0.1, -0.05) is 42.5 Å². The number of hydrogen-bond acceptors (Lipinski definition) is 7. The number of aromatic nitrogens is 2. The highest BCUT2D eigenvalue weighted by atomic mass is 16.6. The monoisotopic (exact) mass is 472 g/mol. The van der Waals surface area contributed by atoms with E-state index in [1.54, 1.807) is 11.8 Å². The van der Waals surface area contributed by atoms with Gasteiger partial charge in [-0.3, -0.25) is 4.79 Å². The summed E-state index contributed by atoms with van der Waals surface area (Å²) >= 11 is 0. The average Bonchev–Trinajstić information content (AvgIpc) is 2.89. The van der Waals surface area contributed by atoms with Gasteiger partial charge in [-0.2, -0.15) is 5.26 Å². The normalized spacial score (nSPS) is 15.2. The van der Waals surface area contributed by atoms with Gasteiger partial charge in [-0.05, 0) is 31.5 Å². The number of nitrogens with zero attached hydrogens (tertiary/aromatic N) is 5. The number of para-hydroxylation sites is 2. The van der Waals surface area contributed by atoms with Gasteiger partial charge >= 0.3 is 6.09 Å². The molecule has 1 aliphatic rings. The molecule has 0 bridgehead atoms. The van der Waals surface area contributed by atoms with E-state index in [1.807, 2.05) is 66.4 Å². The van der Waals surface area contributed by atoms with Crippen LogP contribution in [0, 0.1) is 11.3 Å². The molecule has 180 valence electrons. The van der Waals surface area contributed by atoms with E-state index >= 15 is 0 Å². The summed E-state index contributed by atoms with van der Waals surface area (Å²) in [6.45, 7) is 5.83. The summed E-state index contributed by atoms with van der Waals surface area (Å²) in [7, 11) is 0. The third kappa shape index (κ3) is 5.32. The number of nitriles is 1. The topological polar surface area (TPSA) is 111 Å². The van der Waals surface area contributed by atoms with Crippen molar-refractivity contribution in [2.45, 2.75) is 25.8 Å². The molecule has 2 aromatic carbocycles. The molecule has 2 atom stereocenters. The minimum Gasteiger partial charge on any atom is -0.450 e. The molecule has 4 rings (SSSR count). The molecule has 0 radical (unpaired) electrons. The van der Waals surface area contributed by atoms with E-state index in [9.17, 15) is 14.9 Å². The van der Waals surface area contributed by atoms with Crippen LogP contribution in [-0.2, 0) is 9.53 Å². The molecule has 1 fully saturated rings. The zero-order chi connectivity index (χ0) is 24.8. The maximum Gasteiger partial charge on any atom is 0.409 e. The Morgan fingerprint density at radius 2 is 1.66 bits per heavy atom. The van der Waals surface area contributed by atoms with Crippen molar-refractivity contribution in [3.63, 3.8) is 0 Å². The summed E-state index contributed by atoms with van der Waals surface area (Å²) in [5, 5.41) is 13.0. The molecule has 2 amide bonds. The molecule has 0 aliphatic carbocycles.